The van der Waals surface area contributed by atoms with Gasteiger partial charge in [0.2, 0.25) is 5.91 Å². The number of nitrogens with zero attached hydrogens (tertiary/aromatic N) is 1. The van der Waals surface area contributed by atoms with Gasteiger partial charge in [0.15, 0.2) is 0 Å². The van der Waals surface area contributed by atoms with Gasteiger partial charge in [-0.1, -0.05) is 61.6 Å². The summed E-state index contributed by atoms with van der Waals surface area (Å²) in [5.41, 5.74) is -0.468. The summed E-state index contributed by atoms with van der Waals surface area (Å²) >= 11 is 14.6. The van der Waals surface area contributed by atoms with Crippen LogP contribution in [0.15, 0.2) is 22.8 Å². The summed E-state index contributed by atoms with van der Waals surface area (Å²) in [6, 6.07) is 3.69. The largest absolute Gasteiger partial charge is 0.310 e. The maximum absolute atomic E-state index is 13.0. The predicted molar refractivity (Wildman–Crippen MR) is 103 cm³/mol. The summed E-state index contributed by atoms with van der Waals surface area (Å²) in [6.07, 6.45) is 3.58. The van der Waals surface area contributed by atoms with Crippen LogP contribution >= 0.6 is 63.7 Å². The molecule has 1 aromatic heterocycles. The average molecular weight is 560 g/mol. The van der Waals surface area contributed by atoms with Gasteiger partial charge in [-0.3, -0.25) is 4.79 Å². The summed E-state index contributed by atoms with van der Waals surface area (Å²) in [6.45, 7) is 4.39. The number of nitrogens with one attached hydrogen (secondary N) is 1. The zero-order valence-electron chi connectivity index (χ0n) is 12.2. The molecule has 1 amide bonds. The van der Waals surface area contributed by atoms with E-state index in [-0.39, 0.29) is 25.3 Å². The topological polar surface area (TPSA) is 42.0 Å². The third-order valence-electron chi connectivity index (χ3n) is 5.86. The van der Waals surface area contributed by atoms with Gasteiger partial charge in [0.25, 0.3) is 0 Å². The molecule has 120 valence electrons. The van der Waals surface area contributed by atoms with Crippen LogP contribution in [-0.2, 0) is 4.79 Å². The summed E-state index contributed by atoms with van der Waals surface area (Å²) in [5.74, 6) is 0.652. The van der Waals surface area contributed by atoms with Gasteiger partial charge in [0.05, 0.1) is 9.15 Å². The number of fused-ring (bicyclic) bond motifs is 1. The Kier molecular flexibility index (Phi) is 4.36. The van der Waals surface area contributed by atoms with E-state index in [2.05, 4.69) is 87.9 Å². The fourth-order valence-corrected chi connectivity index (χ4v) is 9.53. The minimum atomic E-state index is -0.401. The maximum atomic E-state index is 13.0. The molecular formula is C15H16Br4N2O. The van der Waals surface area contributed by atoms with E-state index in [1.54, 1.807) is 6.20 Å². The van der Waals surface area contributed by atoms with Crippen molar-refractivity contribution in [3.63, 3.8) is 0 Å². The van der Waals surface area contributed by atoms with Crippen LogP contribution in [0.1, 0.15) is 26.7 Å². The van der Waals surface area contributed by atoms with Gasteiger partial charge in [-0.15, -0.1) is 0 Å². The van der Waals surface area contributed by atoms with Gasteiger partial charge in [-0.05, 0) is 46.3 Å². The Morgan fingerprint density at radius 3 is 2.50 bits per heavy atom. The molecule has 2 bridgehead atoms. The second kappa shape index (κ2) is 5.53. The number of pyridine rings is 1. The van der Waals surface area contributed by atoms with E-state index in [9.17, 15) is 4.79 Å². The second-order valence-electron chi connectivity index (χ2n) is 6.62. The molecule has 3 saturated carbocycles. The van der Waals surface area contributed by atoms with Crippen LogP contribution in [0.2, 0.25) is 0 Å². The molecule has 1 aromatic rings. The Morgan fingerprint density at radius 1 is 1.36 bits per heavy atom. The van der Waals surface area contributed by atoms with Crippen LogP contribution in [0.5, 0.6) is 0 Å². The van der Waals surface area contributed by atoms with E-state index in [4.69, 9.17) is 0 Å². The Bertz CT molecular complexity index is 618. The van der Waals surface area contributed by atoms with E-state index in [1.807, 2.05) is 12.1 Å². The molecule has 0 spiro atoms. The molecule has 0 radical (unpaired) electrons. The first kappa shape index (κ1) is 17.4. The van der Waals surface area contributed by atoms with Gasteiger partial charge >= 0.3 is 0 Å². The van der Waals surface area contributed by atoms with E-state index >= 15 is 0 Å². The van der Waals surface area contributed by atoms with E-state index in [0.29, 0.717) is 5.82 Å². The first-order valence-electron chi connectivity index (χ1n) is 7.05. The highest BCUT2D eigenvalue weighted by Crippen LogP contribution is 2.82. The van der Waals surface area contributed by atoms with Crippen molar-refractivity contribution in [3.8, 4) is 0 Å². The number of halogens is 4. The number of alkyl halides is 3. The van der Waals surface area contributed by atoms with Crippen molar-refractivity contribution in [1.29, 1.82) is 0 Å². The van der Waals surface area contributed by atoms with Crippen molar-refractivity contribution in [2.45, 2.75) is 35.3 Å². The third-order valence-corrected chi connectivity index (χ3v) is 9.56. The first-order chi connectivity index (χ1) is 10.2. The molecule has 3 fully saturated rings. The summed E-state index contributed by atoms with van der Waals surface area (Å²) in [5, 5.41) is 3.00. The normalized spacial score (nSPS) is 35.3. The van der Waals surface area contributed by atoms with E-state index in [1.165, 1.54) is 0 Å². The Balaban J connectivity index is 1.89. The quantitative estimate of drug-likeness (QED) is 0.499. The average Bonchev–Trinajstić information content (AvgIpc) is 2.91. The Hall–Kier alpha value is 0.540. The lowest BCUT2D eigenvalue weighted by Crippen LogP contribution is -2.71. The molecule has 3 unspecified atom stereocenters. The molecule has 4 rings (SSSR count). The van der Waals surface area contributed by atoms with Crippen molar-refractivity contribution in [2.24, 2.45) is 16.2 Å². The summed E-state index contributed by atoms with van der Waals surface area (Å²) in [7, 11) is 0. The molecule has 0 saturated heterocycles. The fourth-order valence-electron chi connectivity index (χ4n) is 4.38. The highest BCUT2D eigenvalue weighted by Gasteiger charge is 2.83. The first-order valence-corrected chi connectivity index (χ1v) is 10.6. The molecule has 1 N–H and O–H groups in total. The molecule has 3 aliphatic carbocycles. The van der Waals surface area contributed by atoms with Gasteiger partial charge in [0.1, 0.15) is 5.82 Å². The maximum Gasteiger partial charge on any atom is 0.233 e. The number of rotatable bonds is 3. The van der Waals surface area contributed by atoms with Gasteiger partial charge in [-0.2, -0.15) is 0 Å². The number of carbonyl (C=O) groups is 1. The van der Waals surface area contributed by atoms with Gasteiger partial charge in [-0.25, -0.2) is 4.98 Å². The number of hydrogen-bond donors (Lipinski definition) is 1. The van der Waals surface area contributed by atoms with Crippen molar-refractivity contribution in [1.82, 2.24) is 4.98 Å². The zero-order chi connectivity index (χ0) is 16.3. The molecule has 22 heavy (non-hydrogen) atoms. The molecule has 0 aromatic carbocycles. The van der Waals surface area contributed by atoms with Crippen molar-refractivity contribution in [3.05, 3.63) is 22.8 Å². The number of aromatic nitrogens is 1. The SMILES string of the molecule is CC1(C)C2(C(=O)Nc3ccc(Br)cn3)CCC1(C(Br)Br)C2Br. The third kappa shape index (κ3) is 1.94. The van der Waals surface area contributed by atoms with Crippen LogP contribution in [-0.4, -0.2) is 19.5 Å². The zero-order valence-corrected chi connectivity index (χ0v) is 18.5. The molecule has 0 aliphatic heterocycles. The minimum Gasteiger partial charge on any atom is -0.310 e. The predicted octanol–water partition coefficient (Wildman–Crippen LogP) is 5.47. The lowest BCUT2D eigenvalue weighted by Gasteiger charge is -2.66. The molecule has 3 atom stereocenters. The number of hydrogen-bond acceptors (Lipinski definition) is 2. The van der Waals surface area contributed by atoms with Crippen molar-refractivity contribution in [2.75, 3.05) is 5.32 Å². The van der Waals surface area contributed by atoms with Crippen molar-refractivity contribution >= 4 is 75.4 Å². The number of anilines is 1. The van der Waals surface area contributed by atoms with Crippen LogP contribution in [0.4, 0.5) is 5.82 Å². The standard InChI is InChI=1S/C15H16Br4N2O/c1-13(2)14(11(18)19)5-6-15(13,10(14)17)12(22)21-9-4-3-8(16)7-20-9/h3-4,7,10-11H,5-6H2,1-2H3,(H,20,21,22). The van der Waals surface area contributed by atoms with E-state index < -0.39 is 5.41 Å². The molecule has 3 nitrogen and oxygen atoms in total. The van der Waals surface area contributed by atoms with E-state index in [0.717, 1.165) is 17.3 Å². The molecule has 3 aliphatic rings. The summed E-state index contributed by atoms with van der Waals surface area (Å²) in [4.78, 5) is 17.4. The summed E-state index contributed by atoms with van der Waals surface area (Å²) < 4.78 is 1.08. The number of carbonyl (C=O) groups excluding carboxylic acids is 1. The van der Waals surface area contributed by atoms with Crippen molar-refractivity contribution < 1.29 is 4.79 Å². The molecule has 7 heteroatoms. The minimum absolute atomic E-state index is 0.0392. The van der Waals surface area contributed by atoms with Crippen LogP contribution in [0.25, 0.3) is 0 Å². The van der Waals surface area contributed by atoms with Gasteiger partial charge in [0, 0.05) is 20.9 Å². The molecule has 1 heterocycles. The lowest BCUT2D eigenvalue weighted by molar-refractivity contribution is -0.155. The second-order valence-corrected chi connectivity index (χ2v) is 11.5. The fraction of sp³-hybridized carbons (Fsp3) is 0.600. The van der Waals surface area contributed by atoms with Crippen LogP contribution in [0, 0.1) is 16.2 Å². The highest BCUT2D eigenvalue weighted by atomic mass is 79.9. The lowest BCUT2D eigenvalue weighted by atomic mass is 9.43. The number of amides is 1. The van der Waals surface area contributed by atoms with Crippen LogP contribution in [0.3, 0.4) is 0 Å². The molecular weight excluding hydrogens is 544 g/mol. The van der Waals surface area contributed by atoms with Gasteiger partial charge < -0.3 is 5.32 Å². The monoisotopic (exact) mass is 556 g/mol. The van der Waals surface area contributed by atoms with Crippen LogP contribution < -0.4 is 5.32 Å². The smallest absolute Gasteiger partial charge is 0.233 e. The Labute approximate surface area is 163 Å². The Morgan fingerprint density at radius 2 is 2.05 bits per heavy atom. The highest BCUT2D eigenvalue weighted by molar-refractivity contribution is 9.24.